The Morgan fingerprint density at radius 3 is 3.10 bits per heavy atom. The molecule has 1 N–H and O–H groups in total. The lowest BCUT2D eigenvalue weighted by molar-refractivity contribution is -0.111. The van der Waals surface area contributed by atoms with Gasteiger partial charge < -0.3 is 14.5 Å². The predicted octanol–water partition coefficient (Wildman–Crippen LogP) is 3.74. The number of carbonyl (C=O) groups excluding carboxylic acids is 2. The van der Waals surface area contributed by atoms with Crippen molar-refractivity contribution in [2.45, 2.75) is 25.7 Å². The van der Waals surface area contributed by atoms with Crippen LogP contribution in [0.25, 0.3) is 6.08 Å². The lowest BCUT2D eigenvalue weighted by Gasteiger charge is -2.23. The third-order valence-corrected chi connectivity index (χ3v) is 6.25. The Labute approximate surface area is 177 Å². The zero-order valence-electron chi connectivity index (χ0n) is 16.3. The fraction of sp³-hybridized carbons (Fsp3) is 0.381. The van der Waals surface area contributed by atoms with Crippen molar-refractivity contribution in [2.24, 2.45) is 5.92 Å². The molecule has 2 amide bonds. The second kappa shape index (κ2) is 9.15. The van der Waals surface area contributed by atoms with Crippen LogP contribution >= 0.6 is 11.3 Å². The molecule has 1 saturated heterocycles. The number of nitrogens with zero attached hydrogens (tertiary/aromatic N) is 2. The number of amides is 2. The van der Waals surface area contributed by atoms with Crippen LogP contribution in [-0.4, -0.2) is 36.8 Å². The summed E-state index contributed by atoms with van der Waals surface area (Å²) in [4.78, 5) is 30.5. The number of nitrogens with one attached hydrogen (secondary N) is 1. The van der Waals surface area contributed by atoms with Crippen LogP contribution in [0.1, 0.15) is 34.4 Å². The Bertz CT molecular complexity index is 983. The first-order chi connectivity index (χ1) is 14.6. The molecule has 2 aliphatic rings. The minimum Gasteiger partial charge on any atom is -0.472 e. The van der Waals surface area contributed by atoms with Crippen LogP contribution in [0.4, 0.5) is 9.80 Å². The molecule has 8 nitrogen and oxygen atoms in total. The molecule has 4 rings (SSSR count). The van der Waals surface area contributed by atoms with Crippen LogP contribution in [0, 0.1) is 17.2 Å². The average Bonchev–Trinajstić information content (AvgIpc) is 3.51. The van der Waals surface area contributed by atoms with Crippen LogP contribution < -0.4 is 5.32 Å². The van der Waals surface area contributed by atoms with Crippen LogP contribution in [-0.2, 0) is 27.2 Å². The number of hydrogen-bond acceptors (Lipinski definition) is 7. The third-order valence-electron chi connectivity index (χ3n) is 5.09. The largest absolute Gasteiger partial charge is 0.472 e. The molecule has 2 aromatic heterocycles. The number of thiophene rings is 1. The number of rotatable bonds is 5. The van der Waals surface area contributed by atoms with E-state index in [2.05, 4.69) is 11.4 Å². The predicted molar refractivity (Wildman–Crippen MR) is 110 cm³/mol. The van der Waals surface area contributed by atoms with Gasteiger partial charge in [0, 0.05) is 16.5 Å². The number of hydroxylamine groups is 2. The average molecular weight is 427 g/mol. The van der Waals surface area contributed by atoms with Gasteiger partial charge in [0.15, 0.2) is 0 Å². The number of nitriles is 1. The minimum absolute atomic E-state index is 0.179. The van der Waals surface area contributed by atoms with Gasteiger partial charge in [0.25, 0.3) is 0 Å². The molecule has 1 aliphatic carbocycles. The van der Waals surface area contributed by atoms with Crippen LogP contribution in [0.3, 0.4) is 0 Å². The lowest BCUT2D eigenvalue weighted by Crippen LogP contribution is -2.30. The van der Waals surface area contributed by atoms with E-state index in [1.807, 2.05) is 0 Å². The number of hydrogen-bond donors (Lipinski definition) is 1. The second-order valence-corrected chi connectivity index (χ2v) is 8.28. The van der Waals surface area contributed by atoms with Crippen molar-refractivity contribution in [1.29, 1.82) is 5.26 Å². The molecule has 0 spiro atoms. The van der Waals surface area contributed by atoms with Crippen molar-refractivity contribution >= 4 is 34.4 Å². The van der Waals surface area contributed by atoms with Crippen molar-refractivity contribution in [3.8, 4) is 6.07 Å². The zero-order chi connectivity index (χ0) is 20.9. The second-order valence-electron chi connectivity index (χ2n) is 7.17. The maximum Gasteiger partial charge on any atom is 0.433 e. The van der Waals surface area contributed by atoms with E-state index in [0.29, 0.717) is 36.7 Å². The molecule has 0 aromatic carbocycles. The summed E-state index contributed by atoms with van der Waals surface area (Å²) in [6.07, 6.45) is 8.75. The Hall–Kier alpha value is -3.09. The van der Waals surface area contributed by atoms with Gasteiger partial charge in [-0.3, -0.25) is 9.63 Å². The normalized spacial score (nSPS) is 18.2. The van der Waals surface area contributed by atoms with Gasteiger partial charge in [0.05, 0.1) is 37.8 Å². The fourth-order valence-electron chi connectivity index (χ4n) is 3.55. The van der Waals surface area contributed by atoms with Crippen molar-refractivity contribution in [3.63, 3.8) is 0 Å². The first-order valence-corrected chi connectivity index (χ1v) is 10.6. The molecule has 9 heteroatoms. The van der Waals surface area contributed by atoms with Gasteiger partial charge in [-0.25, -0.2) is 4.79 Å². The monoisotopic (exact) mass is 427 g/mol. The number of carbonyl (C=O) groups is 2. The minimum atomic E-state index is -0.445. The number of anilines is 1. The highest BCUT2D eigenvalue weighted by Crippen LogP contribution is 2.39. The third kappa shape index (κ3) is 4.56. The molecular formula is C21H21N3O5S. The van der Waals surface area contributed by atoms with Crippen molar-refractivity contribution in [1.82, 2.24) is 5.06 Å². The standard InChI is InChI=1S/C21H21N3O5S/c22-11-17-16-4-2-15(13-28-21(26)24-7-1-8-29-24)10-18(16)30-20(17)23-19(25)5-3-14-6-9-27-12-14/h3,5-6,9,12,15H,1-2,4,7-8,10,13H2,(H,23,25)/b5-3+. The van der Waals surface area contributed by atoms with E-state index in [-0.39, 0.29) is 11.8 Å². The Morgan fingerprint density at radius 2 is 2.37 bits per heavy atom. The van der Waals surface area contributed by atoms with Gasteiger partial charge in [-0.05, 0) is 49.3 Å². The highest BCUT2D eigenvalue weighted by Gasteiger charge is 2.28. The summed E-state index contributed by atoms with van der Waals surface area (Å²) in [7, 11) is 0. The smallest absolute Gasteiger partial charge is 0.433 e. The van der Waals surface area contributed by atoms with Crippen molar-refractivity contribution in [3.05, 3.63) is 46.2 Å². The van der Waals surface area contributed by atoms with Gasteiger partial charge in [-0.2, -0.15) is 10.3 Å². The Balaban J connectivity index is 1.37. The quantitative estimate of drug-likeness (QED) is 0.729. The van der Waals surface area contributed by atoms with Crippen LogP contribution in [0.2, 0.25) is 0 Å². The molecule has 0 saturated carbocycles. The topological polar surface area (TPSA) is 105 Å². The summed E-state index contributed by atoms with van der Waals surface area (Å²) in [5, 5.41) is 14.2. The van der Waals surface area contributed by atoms with E-state index in [1.54, 1.807) is 12.1 Å². The molecule has 2 aromatic rings. The van der Waals surface area contributed by atoms with E-state index in [4.69, 9.17) is 14.0 Å². The number of fused-ring (bicyclic) bond motifs is 1. The van der Waals surface area contributed by atoms with E-state index >= 15 is 0 Å². The molecule has 0 radical (unpaired) electrons. The summed E-state index contributed by atoms with van der Waals surface area (Å²) in [6, 6.07) is 3.98. The highest BCUT2D eigenvalue weighted by atomic mass is 32.1. The Morgan fingerprint density at radius 1 is 1.47 bits per heavy atom. The highest BCUT2D eigenvalue weighted by molar-refractivity contribution is 7.16. The fourth-order valence-corrected chi connectivity index (χ4v) is 4.87. The van der Waals surface area contributed by atoms with Crippen LogP contribution in [0.15, 0.2) is 29.1 Å². The van der Waals surface area contributed by atoms with Gasteiger partial charge in [-0.1, -0.05) is 0 Å². The zero-order valence-corrected chi connectivity index (χ0v) is 17.1. The van der Waals surface area contributed by atoms with E-state index in [1.165, 1.54) is 35.0 Å². The number of ether oxygens (including phenoxy) is 1. The lowest BCUT2D eigenvalue weighted by atomic mass is 9.88. The summed E-state index contributed by atoms with van der Waals surface area (Å²) >= 11 is 1.42. The number of furan rings is 1. The summed E-state index contributed by atoms with van der Waals surface area (Å²) in [6.45, 7) is 1.41. The van der Waals surface area contributed by atoms with Crippen molar-refractivity contribution in [2.75, 3.05) is 25.1 Å². The summed E-state index contributed by atoms with van der Waals surface area (Å²) in [5.41, 5.74) is 2.30. The molecule has 30 heavy (non-hydrogen) atoms. The molecular weight excluding hydrogens is 406 g/mol. The van der Waals surface area contributed by atoms with E-state index in [0.717, 1.165) is 35.3 Å². The first kappa shape index (κ1) is 20.2. The molecule has 1 fully saturated rings. The molecule has 0 bridgehead atoms. The van der Waals surface area contributed by atoms with Crippen LogP contribution in [0.5, 0.6) is 0 Å². The van der Waals surface area contributed by atoms with Gasteiger partial charge in [0.1, 0.15) is 11.1 Å². The van der Waals surface area contributed by atoms with Gasteiger partial charge >= 0.3 is 6.09 Å². The summed E-state index contributed by atoms with van der Waals surface area (Å²) in [5.74, 6) is -0.124. The first-order valence-electron chi connectivity index (χ1n) is 9.77. The van der Waals surface area contributed by atoms with Gasteiger partial charge in [-0.15, -0.1) is 11.3 Å². The molecule has 3 heterocycles. The maximum absolute atomic E-state index is 12.3. The molecule has 156 valence electrons. The SMILES string of the molecule is N#Cc1c(NC(=O)/C=C/c2ccoc2)sc2c1CCC(COC(=O)N1CCCO1)C2. The van der Waals surface area contributed by atoms with Gasteiger partial charge in [0.2, 0.25) is 5.91 Å². The Kier molecular flexibility index (Phi) is 6.16. The molecule has 1 atom stereocenters. The van der Waals surface area contributed by atoms with E-state index in [9.17, 15) is 14.9 Å². The molecule has 1 unspecified atom stereocenters. The van der Waals surface area contributed by atoms with E-state index < -0.39 is 6.09 Å². The molecule has 1 aliphatic heterocycles. The maximum atomic E-state index is 12.3. The van der Waals surface area contributed by atoms with Crippen molar-refractivity contribution < 1.29 is 23.6 Å². The summed E-state index contributed by atoms with van der Waals surface area (Å²) < 4.78 is 10.4.